The summed E-state index contributed by atoms with van der Waals surface area (Å²) in [6, 6.07) is 0. The molecule has 1 aliphatic heterocycles. The summed E-state index contributed by atoms with van der Waals surface area (Å²) < 4.78 is 5.23. The summed E-state index contributed by atoms with van der Waals surface area (Å²) in [4.78, 5) is 13.3. The number of hydrogen-bond donors (Lipinski definition) is 1. The maximum Gasteiger partial charge on any atom is 0.414 e. The first-order valence-corrected chi connectivity index (χ1v) is 5.52. The molecule has 0 bridgehead atoms. The molecule has 1 fully saturated rings. The molecule has 1 heterocycles. The van der Waals surface area contributed by atoms with Crippen LogP contribution in [0.3, 0.4) is 0 Å². The number of amides is 1. The normalized spacial score (nSPS) is 21.0. The van der Waals surface area contributed by atoms with Gasteiger partial charge in [-0.25, -0.2) is 4.79 Å². The lowest BCUT2D eigenvalue weighted by Crippen LogP contribution is -2.28. The Hall–Kier alpha value is -1.29. The van der Waals surface area contributed by atoms with Crippen LogP contribution in [0.15, 0.2) is 23.4 Å². The molecule has 16 heavy (non-hydrogen) atoms. The van der Waals surface area contributed by atoms with E-state index in [2.05, 4.69) is 5.32 Å². The van der Waals surface area contributed by atoms with Crippen LogP contribution in [0.2, 0.25) is 0 Å². The molecular formula is C12H20N2O2. The fourth-order valence-electron chi connectivity index (χ4n) is 1.68. The number of likely N-dealkylation sites (N-methyl/N-ethyl adjacent to an activating group) is 1. The summed E-state index contributed by atoms with van der Waals surface area (Å²) in [5.41, 5.74) is 2.07. The monoisotopic (exact) mass is 224 g/mol. The molecule has 0 saturated carbocycles. The van der Waals surface area contributed by atoms with E-state index in [1.54, 1.807) is 4.90 Å². The van der Waals surface area contributed by atoms with Gasteiger partial charge in [0.15, 0.2) is 0 Å². The smallest absolute Gasteiger partial charge is 0.414 e. The number of carbonyl (C=O) groups excluding carboxylic acids is 1. The minimum Gasteiger partial charge on any atom is -0.443 e. The van der Waals surface area contributed by atoms with Gasteiger partial charge in [0.2, 0.25) is 0 Å². The molecule has 4 nitrogen and oxygen atoms in total. The first-order chi connectivity index (χ1) is 7.58. The van der Waals surface area contributed by atoms with Gasteiger partial charge in [0.25, 0.3) is 0 Å². The summed E-state index contributed by atoms with van der Waals surface area (Å²) in [6.07, 6.45) is 3.60. The molecular weight excluding hydrogens is 204 g/mol. The minimum atomic E-state index is -0.258. The number of ether oxygens (including phenoxy) is 1. The van der Waals surface area contributed by atoms with E-state index < -0.39 is 0 Å². The van der Waals surface area contributed by atoms with Crippen LogP contribution >= 0.6 is 0 Å². The highest BCUT2D eigenvalue weighted by atomic mass is 16.6. The zero-order valence-electron chi connectivity index (χ0n) is 10.4. The fraction of sp³-hybridized carbons (Fsp3) is 0.583. The number of nitrogens with zero attached hydrogens (tertiary/aromatic N) is 1. The predicted octanol–water partition coefficient (Wildman–Crippen LogP) is 1.90. The average molecular weight is 224 g/mol. The Kier molecular flexibility index (Phi) is 4.55. The number of hydrogen-bond acceptors (Lipinski definition) is 3. The van der Waals surface area contributed by atoms with Gasteiger partial charge in [-0.2, -0.15) is 0 Å². The van der Waals surface area contributed by atoms with Crippen LogP contribution in [0.1, 0.15) is 20.8 Å². The second kappa shape index (κ2) is 5.70. The first kappa shape index (κ1) is 12.8. The Morgan fingerprint density at radius 1 is 1.62 bits per heavy atom. The summed E-state index contributed by atoms with van der Waals surface area (Å²) in [5, 5.41) is 3.01. The third kappa shape index (κ3) is 3.10. The van der Waals surface area contributed by atoms with Crippen molar-refractivity contribution >= 4 is 6.09 Å². The molecule has 1 atom stereocenters. The van der Waals surface area contributed by atoms with Crippen molar-refractivity contribution in [3.8, 4) is 0 Å². The quantitative estimate of drug-likeness (QED) is 0.741. The van der Waals surface area contributed by atoms with Crippen molar-refractivity contribution in [2.45, 2.75) is 26.9 Å². The number of rotatable bonds is 4. The fourth-order valence-corrected chi connectivity index (χ4v) is 1.68. The molecule has 0 aromatic heterocycles. The second-order valence-corrected chi connectivity index (χ2v) is 4.11. The van der Waals surface area contributed by atoms with Gasteiger partial charge in [-0.1, -0.05) is 11.6 Å². The Morgan fingerprint density at radius 3 is 2.81 bits per heavy atom. The van der Waals surface area contributed by atoms with Crippen molar-refractivity contribution in [1.29, 1.82) is 0 Å². The van der Waals surface area contributed by atoms with E-state index in [0.29, 0.717) is 13.1 Å². The minimum absolute atomic E-state index is 0.0574. The molecule has 1 N–H and O–H groups in total. The molecule has 4 heteroatoms. The van der Waals surface area contributed by atoms with Gasteiger partial charge in [-0.15, -0.1) is 0 Å². The van der Waals surface area contributed by atoms with Crippen LogP contribution in [-0.4, -0.2) is 37.2 Å². The van der Waals surface area contributed by atoms with E-state index in [4.69, 9.17) is 4.74 Å². The maximum atomic E-state index is 11.6. The van der Waals surface area contributed by atoms with E-state index in [9.17, 15) is 4.79 Å². The van der Waals surface area contributed by atoms with E-state index in [0.717, 1.165) is 11.3 Å². The van der Waals surface area contributed by atoms with E-state index >= 15 is 0 Å². The van der Waals surface area contributed by atoms with Gasteiger partial charge < -0.3 is 10.1 Å². The molecule has 1 amide bonds. The Labute approximate surface area is 97.0 Å². The van der Waals surface area contributed by atoms with Gasteiger partial charge >= 0.3 is 6.09 Å². The first-order valence-electron chi connectivity index (χ1n) is 5.52. The average Bonchev–Trinajstić information content (AvgIpc) is 2.56. The SMILES string of the molecule is CC=C(C=C(C)C)N1CC(CNC)OC1=O. The van der Waals surface area contributed by atoms with Crippen LogP contribution in [-0.2, 0) is 4.74 Å². The van der Waals surface area contributed by atoms with Crippen LogP contribution < -0.4 is 5.32 Å². The van der Waals surface area contributed by atoms with E-state index in [-0.39, 0.29) is 12.2 Å². The van der Waals surface area contributed by atoms with Crippen LogP contribution in [0.5, 0.6) is 0 Å². The Bertz CT molecular complexity index is 317. The molecule has 0 aliphatic carbocycles. The highest BCUT2D eigenvalue weighted by Crippen LogP contribution is 2.18. The standard InChI is InChI=1S/C12H20N2O2/c1-5-10(6-9(2)3)14-8-11(7-13-4)16-12(14)15/h5-6,11,13H,7-8H2,1-4H3. The summed E-state index contributed by atoms with van der Waals surface area (Å²) >= 11 is 0. The third-order valence-electron chi connectivity index (χ3n) is 2.35. The second-order valence-electron chi connectivity index (χ2n) is 4.11. The summed E-state index contributed by atoms with van der Waals surface area (Å²) in [5.74, 6) is 0. The molecule has 90 valence electrons. The van der Waals surface area contributed by atoms with Crippen molar-refractivity contribution in [3.63, 3.8) is 0 Å². The molecule has 0 spiro atoms. The molecule has 1 rings (SSSR count). The van der Waals surface area contributed by atoms with Crippen molar-refractivity contribution in [2.24, 2.45) is 0 Å². The lowest BCUT2D eigenvalue weighted by molar-refractivity contribution is 0.135. The third-order valence-corrected chi connectivity index (χ3v) is 2.35. The zero-order chi connectivity index (χ0) is 12.1. The summed E-state index contributed by atoms with van der Waals surface area (Å²) in [7, 11) is 1.85. The van der Waals surface area contributed by atoms with Crippen LogP contribution in [0, 0.1) is 0 Å². The topological polar surface area (TPSA) is 41.6 Å². The Balaban J connectivity index is 2.74. The lowest BCUT2D eigenvalue weighted by atomic mass is 10.2. The Morgan fingerprint density at radius 2 is 2.31 bits per heavy atom. The molecule has 0 radical (unpaired) electrons. The van der Waals surface area contributed by atoms with Crippen LogP contribution in [0.25, 0.3) is 0 Å². The van der Waals surface area contributed by atoms with Gasteiger partial charge in [0.1, 0.15) is 6.10 Å². The van der Waals surface area contributed by atoms with Crippen LogP contribution in [0.4, 0.5) is 4.79 Å². The lowest BCUT2D eigenvalue weighted by Gasteiger charge is -2.14. The maximum absolute atomic E-state index is 11.6. The molecule has 1 unspecified atom stereocenters. The van der Waals surface area contributed by atoms with Crippen molar-refractivity contribution in [1.82, 2.24) is 10.2 Å². The van der Waals surface area contributed by atoms with Gasteiger partial charge in [-0.3, -0.25) is 4.90 Å². The van der Waals surface area contributed by atoms with Crippen molar-refractivity contribution in [3.05, 3.63) is 23.4 Å². The van der Waals surface area contributed by atoms with E-state index in [1.807, 2.05) is 40.0 Å². The molecule has 1 saturated heterocycles. The summed E-state index contributed by atoms with van der Waals surface area (Å²) in [6.45, 7) is 7.25. The molecule has 0 aromatic carbocycles. The number of carbonyl (C=O) groups is 1. The molecule has 0 aromatic rings. The zero-order valence-corrected chi connectivity index (χ0v) is 10.4. The van der Waals surface area contributed by atoms with Crippen molar-refractivity contribution in [2.75, 3.05) is 20.1 Å². The predicted molar refractivity (Wildman–Crippen MR) is 64.1 cm³/mol. The highest BCUT2D eigenvalue weighted by Gasteiger charge is 2.31. The number of nitrogens with one attached hydrogen (secondary N) is 1. The van der Waals surface area contributed by atoms with Crippen molar-refractivity contribution < 1.29 is 9.53 Å². The van der Waals surface area contributed by atoms with E-state index in [1.165, 1.54) is 0 Å². The number of allylic oxidation sites excluding steroid dienone is 3. The molecule has 1 aliphatic rings. The highest BCUT2D eigenvalue weighted by molar-refractivity contribution is 5.73. The van der Waals surface area contributed by atoms with Gasteiger partial charge in [0.05, 0.1) is 6.54 Å². The largest absolute Gasteiger partial charge is 0.443 e. The van der Waals surface area contributed by atoms with Gasteiger partial charge in [0, 0.05) is 12.2 Å². The number of cyclic esters (lactones) is 1. The van der Waals surface area contributed by atoms with Gasteiger partial charge in [-0.05, 0) is 33.9 Å².